The predicted octanol–water partition coefficient (Wildman–Crippen LogP) is 4.44. The zero-order valence-corrected chi connectivity index (χ0v) is 15.1. The van der Waals surface area contributed by atoms with Crippen LogP contribution in [-0.2, 0) is 6.54 Å². The van der Waals surface area contributed by atoms with E-state index in [0.717, 1.165) is 31.5 Å². The molecule has 1 N–H and O–H groups in total. The molecule has 3 rings (SSSR count). The van der Waals surface area contributed by atoms with Gasteiger partial charge in [0.25, 0.3) is 0 Å². The van der Waals surface area contributed by atoms with Crippen molar-refractivity contribution in [2.75, 3.05) is 6.54 Å². The lowest BCUT2D eigenvalue weighted by Gasteiger charge is -2.05. The van der Waals surface area contributed by atoms with Crippen molar-refractivity contribution in [3.63, 3.8) is 0 Å². The Labute approximate surface area is 159 Å². The highest BCUT2D eigenvalue weighted by Gasteiger charge is 2.02. The van der Waals surface area contributed by atoms with Crippen molar-refractivity contribution in [1.29, 1.82) is 5.26 Å². The van der Waals surface area contributed by atoms with Crippen molar-refractivity contribution in [3.05, 3.63) is 101 Å². The Hall–Kier alpha value is -3.38. The zero-order chi connectivity index (χ0) is 18.7. The van der Waals surface area contributed by atoms with Gasteiger partial charge in [0.2, 0.25) is 5.88 Å². The summed E-state index contributed by atoms with van der Waals surface area (Å²) in [6.07, 6.45) is 11.2. The average molecular weight is 355 g/mol. The van der Waals surface area contributed by atoms with Crippen molar-refractivity contribution in [2.24, 2.45) is 0 Å². The Morgan fingerprint density at radius 2 is 2.00 bits per heavy atom. The van der Waals surface area contributed by atoms with Crippen LogP contribution in [0.5, 0.6) is 5.88 Å². The number of hydrogen-bond donors (Lipinski definition) is 1. The van der Waals surface area contributed by atoms with Crippen LogP contribution in [0.1, 0.15) is 24.0 Å². The van der Waals surface area contributed by atoms with E-state index in [1.165, 1.54) is 11.8 Å². The average Bonchev–Trinajstić information content (AvgIpc) is 2.94. The molecule has 0 aliphatic heterocycles. The molecule has 0 amide bonds. The number of aromatic nitrogens is 1. The topological polar surface area (TPSA) is 57.9 Å². The third kappa shape index (κ3) is 6.13. The number of hydrogen-bond acceptors (Lipinski definition) is 4. The van der Waals surface area contributed by atoms with E-state index in [-0.39, 0.29) is 0 Å². The van der Waals surface area contributed by atoms with Gasteiger partial charge in [-0.2, -0.15) is 5.26 Å². The van der Waals surface area contributed by atoms with Crippen LogP contribution in [0.4, 0.5) is 0 Å². The number of allylic oxidation sites excluding steroid dienone is 4. The first kappa shape index (κ1) is 18.4. The second-order valence-electron chi connectivity index (χ2n) is 6.10. The highest BCUT2D eigenvalue weighted by molar-refractivity contribution is 5.34. The smallest absolute Gasteiger partial charge is 0.219 e. The van der Waals surface area contributed by atoms with Gasteiger partial charge < -0.3 is 10.1 Å². The predicted molar refractivity (Wildman–Crippen MR) is 106 cm³/mol. The molecule has 0 spiro atoms. The van der Waals surface area contributed by atoms with Gasteiger partial charge in [0, 0.05) is 18.8 Å². The Bertz CT molecular complexity index is 912. The zero-order valence-electron chi connectivity index (χ0n) is 15.1. The number of ether oxygens (including phenoxy) is 1. The minimum atomic E-state index is 0.465. The van der Waals surface area contributed by atoms with Crippen molar-refractivity contribution in [3.8, 4) is 11.9 Å². The van der Waals surface area contributed by atoms with E-state index >= 15 is 0 Å². The summed E-state index contributed by atoms with van der Waals surface area (Å²) >= 11 is 0. The van der Waals surface area contributed by atoms with Gasteiger partial charge in [-0.3, -0.25) is 0 Å². The molecule has 0 unspecified atom stereocenters. The molecule has 4 nitrogen and oxygen atoms in total. The van der Waals surface area contributed by atoms with Crippen LogP contribution in [0.3, 0.4) is 0 Å². The standard InChI is InChI=1S/C23H21N3O/c24-16-21-12-14-23(26-18-21)27-22-10-4-8-19(11-13-22)9-5-15-25-17-20-6-2-1-3-7-20/h1-4,6-7,10-14,18,25H,5,9,15,17H2. The van der Waals surface area contributed by atoms with Crippen LogP contribution >= 0.6 is 0 Å². The van der Waals surface area contributed by atoms with Crippen LogP contribution in [0.2, 0.25) is 0 Å². The summed E-state index contributed by atoms with van der Waals surface area (Å²) in [5, 5.41) is 12.3. The first-order chi connectivity index (χ1) is 13.3. The first-order valence-electron chi connectivity index (χ1n) is 8.96. The van der Waals surface area contributed by atoms with E-state index in [0.29, 0.717) is 17.2 Å². The molecule has 1 aliphatic carbocycles. The Balaban J connectivity index is 1.41. The second kappa shape index (κ2) is 9.94. The summed E-state index contributed by atoms with van der Waals surface area (Å²) < 4.78 is 5.73. The summed E-state index contributed by atoms with van der Waals surface area (Å²) in [7, 11) is 0. The maximum absolute atomic E-state index is 8.80. The monoisotopic (exact) mass is 355 g/mol. The number of rotatable bonds is 8. The van der Waals surface area contributed by atoms with Gasteiger partial charge in [0.05, 0.1) is 5.56 Å². The van der Waals surface area contributed by atoms with E-state index in [1.807, 2.05) is 36.4 Å². The van der Waals surface area contributed by atoms with Gasteiger partial charge in [0.15, 0.2) is 0 Å². The molecule has 2 aromatic rings. The number of nitrogens with zero attached hydrogens (tertiary/aromatic N) is 2. The summed E-state index contributed by atoms with van der Waals surface area (Å²) in [6, 6.07) is 15.8. The summed E-state index contributed by atoms with van der Waals surface area (Å²) in [6.45, 7) is 1.85. The molecular weight excluding hydrogens is 334 g/mol. The SMILES string of the molecule is N#Cc1ccc(OC2=CC=C=C(CCCNCc3ccccc3)C=C2)nc1. The molecule has 0 saturated carbocycles. The Kier molecular flexibility index (Phi) is 6.78. The molecule has 0 saturated heterocycles. The molecule has 1 aromatic heterocycles. The quantitative estimate of drug-likeness (QED) is 0.562. The highest BCUT2D eigenvalue weighted by atomic mass is 16.5. The lowest BCUT2D eigenvalue weighted by atomic mass is 10.1. The fourth-order valence-corrected chi connectivity index (χ4v) is 2.60. The lowest BCUT2D eigenvalue weighted by Crippen LogP contribution is -2.14. The van der Waals surface area contributed by atoms with Gasteiger partial charge in [-0.25, -0.2) is 4.98 Å². The Morgan fingerprint density at radius 3 is 2.78 bits per heavy atom. The maximum Gasteiger partial charge on any atom is 0.219 e. The summed E-state index contributed by atoms with van der Waals surface area (Å²) in [5.74, 6) is 1.16. The lowest BCUT2D eigenvalue weighted by molar-refractivity contribution is 0.426. The molecule has 0 bridgehead atoms. The largest absolute Gasteiger partial charge is 0.439 e. The number of pyridine rings is 1. The molecule has 4 heteroatoms. The minimum absolute atomic E-state index is 0.465. The molecule has 1 aliphatic rings. The number of nitrogens with one attached hydrogen (secondary N) is 1. The van der Waals surface area contributed by atoms with Crippen LogP contribution in [0.15, 0.2) is 90.0 Å². The molecule has 1 aromatic carbocycles. The van der Waals surface area contributed by atoms with E-state index in [9.17, 15) is 0 Å². The molecular formula is C23H21N3O. The van der Waals surface area contributed by atoms with Crippen LogP contribution < -0.4 is 10.1 Å². The van der Waals surface area contributed by atoms with Crippen molar-refractivity contribution < 1.29 is 4.74 Å². The van der Waals surface area contributed by atoms with Crippen LogP contribution in [0, 0.1) is 11.3 Å². The van der Waals surface area contributed by atoms with E-state index in [1.54, 1.807) is 12.1 Å². The highest BCUT2D eigenvalue weighted by Crippen LogP contribution is 2.15. The first-order valence-corrected chi connectivity index (χ1v) is 8.96. The fraction of sp³-hybridized carbons (Fsp3) is 0.174. The molecule has 0 atom stereocenters. The van der Waals surface area contributed by atoms with Crippen molar-refractivity contribution in [2.45, 2.75) is 19.4 Å². The number of nitriles is 1. The fourth-order valence-electron chi connectivity index (χ4n) is 2.60. The Morgan fingerprint density at radius 1 is 1.11 bits per heavy atom. The van der Waals surface area contributed by atoms with E-state index in [4.69, 9.17) is 10.00 Å². The van der Waals surface area contributed by atoms with Gasteiger partial charge in [-0.15, -0.1) is 5.73 Å². The van der Waals surface area contributed by atoms with Crippen LogP contribution in [-0.4, -0.2) is 11.5 Å². The molecule has 0 fully saturated rings. The summed E-state index contributed by atoms with van der Waals surface area (Å²) in [4.78, 5) is 4.12. The molecule has 0 radical (unpaired) electrons. The molecule has 134 valence electrons. The van der Waals surface area contributed by atoms with Crippen LogP contribution in [0.25, 0.3) is 0 Å². The van der Waals surface area contributed by atoms with E-state index < -0.39 is 0 Å². The third-order valence-corrected chi connectivity index (χ3v) is 4.02. The molecule has 1 heterocycles. The van der Waals surface area contributed by atoms with Gasteiger partial charge in [-0.1, -0.05) is 30.3 Å². The van der Waals surface area contributed by atoms with Crippen molar-refractivity contribution in [1.82, 2.24) is 10.3 Å². The maximum atomic E-state index is 8.80. The minimum Gasteiger partial charge on any atom is -0.439 e. The second-order valence-corrected chi connectivity index (χ2v) is 6.10. The van der Waals surface area contributed by atoms with Gasteiger partial charge in [-0.05, 0) is 60.9 Å². The number of benzene rings is 1. The van der Waals surface area contributed by atoms with Gasteiger partial charge in [0.1, 0.15) is 11.8 Å². The molecule has 27 heavy (non-hydrogen) atoms. The van der Waals surface area contributed by atoms with Gasteiger partial charge >= 0.3 is 0 Å². The van der Waals surface area contributed by atoms with E-state index in [2.05, 4.69) is 40.3 Å². The normalized spacial score (nSPS) is 12.7. The van der Waals surface area contributed by atoms with Crippen molar-refractivity contribution >= 4 is 0 Å². The third-order valence-electron chi connectivity index (χ3n) is 4.02. The summed E-state index contributed by atoms with van der Waals surface area (Å²) in [5.41, 5.74) is 6.23.